The van der Waals surface area contributed by atoms with E-state index in [-0.39, 0.29) is 18.9 Å². The van der Waals surface area contributed by atoms with Gasteiger partial charge in [0.1, 0.15) is 48.8 Å². The predicted octanol–water partition coefficient (Wildman–Crippen LogP) is 9.22. The highest BCUT2D eigenvalue weighted by molar-refractivity contribution is 5.76. The van der Waals surface area contributed by atoms with Crippen molar-refractivity contribution in [1.82, 2.24) is 5.32 Å². The van der Waals surface area contributed by atoms with E-state index in [4.69, 9.17) is 18.9 Å². The van der Waals surface area contributed by atoms with Crippen molar-refractivity contribution in [3.05, 3.63) is 48.6 Å². The summed E-state index contributed by atoms with van der Waals surface area (Å²) in [6, 6.07) is -0.942. The first-order valence-electron chi connectivity index (χ1n) is 28.9. The van der Waals surface area contributed by atoms with E-state index in [1.807, 2.05) is 6.08 Å². The fourth-order valence-corrected chi connectivity index (χ4v) is 9.26. The average molecular weight is 1020 g/mol. The molecule has 0 aromatic rings. The molecule has 2 aliphatic heterocycles. The van der Waals surface area contributed by atoms with E-state index in [9.17, 15) is 45.6 Å². The van der Waals surface area contributed by atoms with Gasteiger partial charge in [-0.05, 0) is 70.6 Å². The molecule has 12 atom stereocenters. The molecule has 420 valence electrons. The summed E-state index contributed by atoms with van der Waals surface area (Å²) in [5, 5.41) is 86.9. The Labute approximate surface area is 435 Å². The molecule has 0 aromatic heterocycles. The molecule has 14 nitrogen and oxygen atoms in total. The number of nitrogens with one attached hydrogen (secondary N) is 1. The van der Waals surface area contributed by atoms with Crippen LogP contribution in [0, 0.1) is 0 Å². The van der Waals surface area contributed by atoms with E-state index in [2.05, 4.69) is 55.6 Å². The molecule has 72 heavy (non-hydrogen) atoms. The minimum Gasteiger partial charge on any atom is -0.394 e. The molecule has 0 spiro atoms. The topological polar surface area (TPSA) is 228 Å². The minimum absolute atomic E-state index is 0.259. The molecule has 2 aliphatic rings. The van der Waals surface area contributed by atoms with Crippen LogP contribution in [0.5, 0.6) is 0 Å². The Balaban J connectivity index is 1.80. The van der Waals surface area contributed by atoms with Gasteiger partial charge in [-0.1, -0.05) is 191 Å². The van der Waals surface area contributed by atoms with Crippen LogP contribution in [0.25, 0.3) is 0 Å². The molecular formula is C58H105NO13. The van der Waals surface area contributed by atoms with E-state index in [0.29, 0.717) is 12.8 Å². The van der Waals surface area contributed by atoms with E-state index >= 15 is 0 Å². The average Bonchev–Trinajstić information content (AvgIpc) is 3.38. The molecule has 2 fully saturated rings. The summed E-state index contributed by atoms with van der Waals surface area (Å²) < 4.78 is 22.7. The first-order valence-corrected chi connectivity index (χ1v) is 28.9. The molecule has 12 unspecified atom stereocenters. The van der Waals surface area contributed by atoms with Gasteiger partial charge in [0.2, 0.25) is 5.91 Å². The number of aliphatic hydroxyl groups excluding tert-OH is 8. The van der Waals surface area contributed by atoms with Crippen LogP contribution in [0.1, 0.15) is 219 Å². The third-order valence-electron chi connectivity index (χ3n) is 14.0. The maximum absolute atomic E-state index is 13.2. The summed E-state index contributed by atoms with van der Waals surface area (Å²) in [5.41, 5.74) is 0. The van der Waals surface area contributed by atoms with E-state index in [0.717, 1.165) is 64.2 Å². The number of rotatable bonds is 45. The predicted molar refractivity (Wildman–Crippen MR) is 286 cm³/mol. The van der Waals surface area contributed by atoms with Gasteiger partial charge < -0.3 is 65.1 Å². The van der Waals surface area contributed by atoms with Crippen LogP contribution in [0.2, 0.25) is 0 Å². The van der Waals surface area contributed by atoms with E-state index in [1.165, 1.54) is 122 Å². The zero-order valence-electron chi connectivity index (χ0n) is 44.9. The summed E-state index contributed by atoms with van der Waals surface area (Å²) in [5.74, 6) is -0.263. The SMILES string of the molecule is CCCCCCC/C=C\CCCCCCCC(=O)NC(COC1OC(CO)C(OC2OC(CO)C(O)C(O)C2O)C(O)C1O)C(O)/C=C/CC/C=C/CC/C=C/CCCCCCCCCCCCCCCC. The molecule has 9 N–H and O–H groups in total. The smallest absolute Gasteiger partial charge is 0.220 e. The van der Waals surface area contributed by atoms with Crippen LogP contribution < -0.4 is 5.32 Å². The second-order valence-corrected chi connectivity index (χ2v) is 20.4. The fourth-order valence-electron chi connectivity index (χ4n) is 9.26. The standard InChI is InChI=1S/C58H105NO13/c1-3-5-7-9-11-13-15-17-19-20-21-22-23-24-25-26-27-28-29-31-33-35-37-39-41-47(62)46(59-50(63)42-40-38-36-34-32-30-18-16-14-12-10-8-6-4-2)45-69-57-55(68)53(66)56(49(44-61)71-57)72-58-54(67)52(65)51(64)48(43-60)70-58/h16,18,26-27,31,33,39,41,46-49,51-58,60-62,64-68H,3-15,17,19-25,28-30,32,34-38,40,42-45H2,1-2H3,(H,59,63)/b18-16-,27-26+,33-31+,41-39+. The molecule has 0 aromatic carbocycles. The fraction of sp³-hybridized carbons (Fsp3) is 0.845. The van der Waals surface area contributed by atoms with Crippen molar-refractivity contribution in [3.8, 4) is 0 Å². The summed E-state index contributed by atoms with van der Waals surface area (Å²) >= 11 is 0. The molecular weight excluding hydrogens is 919 g/mol. The van der Waals surface area contributed by atoms with Crippen LogP contribution in [-0.2, 0) is 23.7 Å². The Morgan fingerprint density at radius 3 is 1.36 bits per heavy atom. The van der Waals surface area contributed by atoms with Crippen LogP contribution in [0.3, 0.4) is 0 Å². The number of unbranched alkanes of at least 4 members (excludes halogenated alkanes) is 26. The number of allylic oxidation sites excluding steroid dienone is 7. The van der Waals surface area contributed by atoms with Crippen LogP contribution in [0.4, 0.5) is 0 Å². The van der Waals surface area contributed by atoms with Crippen molar-refractivity contribution < 1.29 is 64.6 Å². The van der Waals surface area contributed by atoms with E-state index < -0.39 is 86.8 Å². The van der Waals surface area contributed by atoms with Crippen molar-refractivity contribution in [3.63, 3.8) is 0 Å². The first kappa shape index (κ1) is 66.1. The number of hydrogen-bond acceptors (Lipinski definition) is 13. The lowest BCUT2D eigenvalue weighted by Gasteiger charge is -2.46. The number of amides is 1. The second-order valence-electron chi connectivity index (χ2n) is 20.4. The monoisotopic (exact) mass is 1020 g/mol. The van der Waals surface area contributed by atoms with Gasteiger partial charge >= 0.3 is 0 Å². The van der Waals surface area contributed by atoms with Gasteiger partial charge in [-0.15, -0.1) is 0 Å². The highest BCUT2D eigenvalue weighted by atomic mass is 16.7. The zero-order valence-corrected chi connectivity index (χ0v) is 44.9. The van der Waals surface area contributed by atoms with Gasteiger partial charge in [0, 0.05) is 6.42 Å². The molecule has 0 aliphatic carbocycles. The van der Waals surface area contributed by atoms with Gasteiger partial charge in [-0.25, -0.2) is 0 Å². The summed E-state index contributed by atoms with van der Waals surface area (Å²) in [4.78, 5) is 13.2. The Kier molecular flexibility index (Phi) is 40.5. The van der Waals surface area contributed by atoms with Crippen LogP contribution >= 0.6 is 0 Å². The quantitative estimate of drug-likeness (QED) is 0.0205. The summed E-state index contributed by atoms with van der Waals surface area (Å²) in [7, 11) is 0. The molecule has 14 heteroatoms. The molecule has 0 radical (unpaired) electrons. The third kappa shape index (κ3) is 29.9. The highest BCUT2D eigenvalue weighted by Crippen LogP contribution is 2.30. The number of carbonyl (C=O) groups excluding carboxylic acids is 1. The van der Waals surface area contributed by atoms with Crippen molar-refractivity contribution >= 4 is 5.91 Å². The number of carbonyl (C=O) groups is 1. The number of ether oxygens (including phenoxy) is 4. The summed E-state index contributed by atoms with van der Waals surface area (Å²) in [6.07, 6.45) is 37.3. The molecule has 2 rings (SSSR count). The van der Waals surface area contributed by atoms with Gasteiger partial charge in [0.05, 0.1) is 32.0 Å². The Morgan fingerprint density at radius 1 is 0.486 bits per heavy atom. The maximum atomic E-state index is 13.2. The highest BCUT2D eigenvalue weighted by Gasteiger charge is 2.51. The first-order chi connectivity index (χ1) is 35.1. The molecule has 1 amide bonds. The minimum atomic E-state index is -1.79. The summed E-state index contributed by atoms with van der Waals surface area (Å²) in [6.45, 7) is 2.75. The maximum Gasteiger partial charge on any atom is 0.220 e. The van der Waals surface area contributed by atoms with Crippen molar-refractivity contribution in [2.75, 3.05) is 19.8 Å². The van der Waals surface area contributed by atoms with Gasteiger partial charge in [-0.3, -0.25) is 4.79 Å². The lowest BCUT2D eigenvalue weighted by atomic mass is 9.97. The number of aliphatic hydroxyl groups is 8. The largest absolute Gasteiger partial charge is 0.394 e. The van der Waals surface area contributed by atoms with Gasteiger partial charge in [0.25, 0.3) is 0 Å². The third-order valence-corrected chi connectivity index (χ3v) is 14.0. The van der Waals surface area contributed by atoms with Gasteiger partial charge in [0.15, 0.2) is 12.6 Å². The zero-order chi connectivity index (χ0) is 52.4. The second kappa shape index (κ2) is 44.1. The lowest BCUT2D eigenvalue weighted by Crippen LogP contribution is -2.65. The van der Waals surface area contributed by atoms with Crippen molar-refractivity contribution in [2.45, 2.75) is 293 Å². The van der Waals surface area contributed by atoms with Crippen molar-refractivity contribution in [1.29, 1.82) is 0 Å². The number of hydrogen-bond donors (Lipinski definition) is 9. The van der Waals surface area contributed by atoms with Crippen LogP contribution in [-0.4, -0.2) is 140 Å². The lowest BCUT2D eigenvalue weighted by molar-refractivity contribution is -0.359. The van der Waals surface area contributed by atoms with Gasteiger partial charge in [-0.2, -0.15) is 0 Å². The Bertz CT molecular complexity index is 1390. The normalized spacial score (nSPS) is 25.9. The van der Waals surface area contributed by atoms with Crippen molar-refractivity contribution in [2.24, 2.45) is 0 Å². The molecule has 0 saturated carbocycles. The molecule has 2 saturated heterocycles. The molecule has 2 heterocycles. The molecule has 0 bridgehead atoms. The van der Waals surface area contributed by atoms with Crippen LogP contribution in [0.15, 0.2) is 48.6 Å². The Morgan fingerprint density at radius 2 is 0.889 bits per heavy atom. The Hall–Kier alpha value is -2.05. The van der Waals surface area contributed by atoms with E-state index in [1.54, 1.807) is 6.08 Å².